The van der Waals surface area contributed by atoms with Gasteiger partial charge in [-0.15, -0.1) is 5.10 Å². The molecule has 1 heterocycles. The normalized spacial score (nSPS) is 12.6. The zero-order valence-corrected chi connectivity index (χ0v) is 12.4. The van der Waals surface area contributed by atoms with Gasteiger partial charge in [0.05, 0.1) is 11.1 Å². The molecule has 0 bridgehead atoms. The van der Waals surface area contributed by atoms with Gasteiger partial charge in [0.15, 0.2) is 0 Å². The third-order valence-corrected chi connectivity index (χ3v) is 3.42. The number of aliphatic hydroxyl groups is 1. The Morgan fingerprint density at radius 2 is 2.05 bits per heavy atom. The predicted molar refractivity (Wildman–Crippen MR) is 80.0 cm³/mol. The molecule has 0 radical (unpaired) electrons. The highest BCUT2D eigenvalue weighted by molar-refractivity contribution is 7.09. The van der Waals surface area contributed by atoms with E-state index in [-0.39, 0.29) is 6.61 Å². The third-order valence-electron chi connectivity index (χ3n) is 2.70. The quantitative estimate of drug-likeness (QED) is 0.816. The molecular formula is C14H19N3O2S. The van der Waals surface area contributed by atoms with E-state index in [0.29, 0.717) is 12.6 Å². The Bertz CT molecular complexity index is 500. The molecule has 6 heteroatoms. The molecule has 0 aliphatic rings. The SMILES string of the molecule is CC(C)NCC(O)COc1ccc(-c2cnns2)cc1. The number of ether oxygens (including phenoxy) is 1. The molecule has 2 N–H and O–H groups in total. The minimum absolute atomic E-state index is 0.279. The summed E-state index contributed by atoms with van der Waals surface area (Å²) in [6.07, 6.45) is 1.23. The number of aliphatic hydroxyl groups excluding tert-OH is 1. The van der Waals surface area contributed by atoms with E-state index in [0.717, 1.165) is 16.2 Å². The van der Waals surface area contributed by atoms with Crippen LogP contribution < -0.4 is 10.1 Å². The fourth-order valence-electron chi connectivity index (χ4n) is 1.63. The molecule has 1 unspecified atom stereocenters. The van der Waals surface area contributed by atoms with Crippen molar-refractivity contribution in [3.8, 4) is 16.2 Å². The standard InChI is InChI=1S/C14H19N3O2S/c1-10(2)15-7-12(18)9-19-13-5-3-11(4-6-13)14-8-16-17-20-14/h3-6,8,10,12,15,18H,7,9H2,1-2H3. The van der Waals surface area contributed by atoms with Crippen LogP contribution in [0.1, 0.15) is 13.8 Å². The molecule has 20 heavy (non-hydrogen) atoms. The van der Waals surface area contributed by atoms with E-state index in [4.69, 9.17) is 4.74 Å². The highest BCUT2D eigenvalue weighted by Crippen LogP contribution is 2.24. The van der Waals surface area contributed by atoms with Gasteiger partial charge in [0.2, 0.25) is 0 Å². The Morgan fingerprint density at radius 1 is 1.30 bits per heavy atom. The molecule has 0 aliphatic heterocycles. The van der Waals surface area contributed by atoms with Crippen molar-refractivity contribution in [2.75, 3.05) is 13.2 Å². The van der Waals surface area contributed by atoms with Gasteiger partial charge in [-0.3, -0.25) is 0 Å². The van der Waals surface area contributed by atoms with Gasteiger partial charge in [-0.1, -0.05) is 18.3 Å². The number of nitrogens with one attached hydrogen (secondary N) is 1. The van der Waals surface area contributed by atoms with Crippen LogP contribution in [0.25, 0.3) is 10.4 Å². The molecule has 0 amide bonds. The highest BCUT2D eigenvalue weighted by Gasteiger charge is 2.06. The highest BCUT2D eigenvalue weighted by atomic mass is 32.1. The van der Waals surface area contributed by atoms with Crippen LogP contribution in [0.4, 0.5) is 0 Å². The summed E-state index contributed by atoms with van der Waals surface area (Å²) < 4.78 is 9.39. The summed E-state index contributed by atoms with van der Waals surface area (Å²) in [6.45, 7) is 4.89. The maximum Gasteiger partial charge on any atom is 0.119 e. The van der Waals surface area contributed by atoms with Crippen molar-refractivity contribution in [3.05, 3.63) is 30.5 Å². The van der Waals surface area contributed by atoms with Gasteiger partial charge < -0.3 is 15.2 Å². The minimum atomic E-state index is -0.511. The Balaban J connectivity index is 1.82. The summed E-state index contributed by atoms with van der Waals surface area (Å²) in [7, 11) is 0. The van der Waals surface area contributed by atoms with Crippen LogP contribution in [0.15, 0.2) is 30.5 Å². The Hall–Kier alpha value is -1.50. The van der Waals surface area contributed by atoms with E-state index in [2.05, 4.69) is 14.9 Å². The van der Waals surface area contributed by atoms with Gasteiger partial charge in [0.1, 0.15) is 18.5 Å². The molecule has 0 aliphatic carbocycles. The molecular weight excluding hydrogens is 274 g/mol. The van der Waals surface area contributed by atoms with E-state index in [9.17, 15) is 5.11 Å². The summed E-state index contributed by atoms with van der Waals surface area (Å²) >= 11 is 1.36. The average Bonchev–Trinajstić information content (AvgIpc) is 2.97. The molecule has 0 saturated carbocycles. The maximum atomic E-state index is 9.76. The number of nitrogens with zero attached hydrogens (tertiary/aromatic N) is 2. The van der Waals surface area contributed by atoms with Gasteiger partial charge in [0, 0.05) is 12.6 Å². The van der Waals surface area contributed by atoms with E-state index in [1.54, 1.807) is 6.20 Å². The molecule has 1 aromatic carbocycles. The Morgan fingerprint density at radius 3 is 2.65 bits per heavy atom. The van der Waals surface area contributed by atoms with Crippen molar-refractivity contribution >= 4 is 11.5 Å². The predicted octanol–water partition coefficient (Wildman–Crippen LogP) is 1.94. The van der Waals surface area contributed by atoms with Crippen LogP contribution in [-0.2, 0) is 0 Å². The Labute approximate surface area is 122 Å². The zero-order valence-electron chi connectivity index (χ0n) is 11.6. The second-order valence-corrected chi connectivity index (χ2v) is 5.62. The van der Waals surface area contributed by atoms with Crippen molar-refractivity contribution in [1.82, 2.24) is 14.9 Å². The number of hydrogen-bond donors (Lipinski definition) is 2. The zero-order chi connectivity index (χ0) is 14.4. The smallest absolute Gasteiger partial charge is 0.119 e. The van der Waals surface area contributed by atoms with Crippen LogP contribution in [0.2, 0.25) is 0 Å². The molecule has 2 rings (SSSR count). The van der Waals surface area contributed by atoms with E-state index < -0.39 is 6.10 Å². The average molecular weight is 293 g/mol. The van der Waals surface area contributed by atoms with Crippen molar-refractivity contribution < 1.29 is 9.84 Å². The van der Waals surface area contributed by atoms with E-state index in [1.807, 2.05) is 38.1 Å². The van der Waals surface area contributed by atoms with Crippen molar-refractivity contribution in [2.24, 2.45) is 0 Å². The maximum absolute atomic E-state index is 9.76. The summed E-state index contributed by atoms with van der Waals surface area (Å²) in [6, 6.07) is 8.05. The molecule has 1 aromatic heterocycles. The molecule has 108 valence electrons. The monoisotopic (exact) mass is 293 g/mol. The number of rotatable bonds is 7. The van der Waals surface area contributed by atoms with Gasteiger partial charge in [-0.25, -0.2) is 0 Å². The van der Waals surface area contributed by atoms with Crippen molar-refractivity contribution in [3.63, 3.8) is 0 Å². The first-order chi connectivity index (χ1) is 9.65. The lowest BCUT2D eigenvalue weighted by Gasteiger charge is -2.15. The Kier molecular flexibility index (Phi) is 5.46. The van der Waals surface area contributed by atoms with Crippen LogP contribution in [0, 0.1) is 0 Å². The fraction of sp³-hybridized carbons (Fsp3) is 0.429. The fourth-order valence-corrected chi connectivity index (χ4v) is 2.15. The van der Waals surface area contributed by atoms with Gasteiger partial charge in [-0.2, -0.15) is 0 Å². The van der Waals surface area contributed by atoms with Crippen LogP contribution >= 0.6 is 11.5 Å². The van der Waals surface area contributed by atoms with Gasteiger partial charge >= 0.3 is 0 Å². The molecule has 5 nitrogen and oxygen atoms in total. The summed E-state index contributed by atoms with van der Waals surface area (Å²) in [5, 5.41) is 16.7. The third kappa shape index (κ3) is 4.56. The van der Waals surface area contributed by atoms with Gasteiger partial charge in [-0.05, 0) is 41.4 Å². The molecule has 2 aromatic rings. The van der Waals surface area contributed by atoms with Crippen molar-refractivity contribution in [2.45, 2.75) is 26.0 Å². The van der Waals surface area contributed by atoms with Crippen LogP contribution in [0.3, 0.4) is 0 Å². The first-order valence-electron chi connectivity index (χ1n) is 6.57. The van der Waals surface area contributed by atoms with Crippen LogP contribution in [0.5, 0.6) is 5.75 Å². The molecule has 0 fully saturated rings. The number of hydrogen-bond acceptors (Lipinski definition) is 6. The largest absolute Gasteiger partial charge is 0.491 e. The molecule has 0 saturated heterocycles. The summed E-state index contributed by atoms with van der Waals surface area (Å²) in [4.78, 5) is 1.03. The topological polar surface area (TPSA) is 67.3 Å². The lowest BCUT2D eigenvalue weighted by molar-refractivity contribution is 0.104. The summed E-state index contributed by atoms with van der Waals surface area (Å²) in [5.41, 5.74) is 1.06. The first kappa shape index (κ1) is 14.9. The van der Waals surface area contributed by atoms with Crippen LogP contribution in [-0.4, -0.2) is 40.0 Å². The minimum Gasteiger partial charge on any atom is -0.491 e. The second-order valence-electron chi connectivity index (χ2n) is 4.83. The van der Waals surface area contributed by atoms with Gasteiger partial charge in [0.25, 0.3) is 0 Å². The number of benzene rings is 1. The lowest BCUT2D eigenvalue weighted by Crippen LogP contribution is -2.35. The van der Waals surface area contributed by atoms with Crippen molar-refractivity contribution in [1.29, 1.82) is 0 Å². The van der Waals surface area contributed by atoms with E-state index in [1.165, 1.54) is 11.5 Å². The summed E-state index contributed by atoms with van der Waals surface area (Å²) in [5.74, 6) is 0.745. The molecule has 0 spiro atoms. The second kappa shape index (κ2) is 7.33. The first-order valence-corrected chi connectivity index (χ1v) is 7.34. The lowest BCUT2D eigenvalue weighted by atomic mass is 10.2. The molecule has 1 atom stereocenters. The van der Waals surface area contributed by atoms with E-state index >= 15 is 0 Å². The number of aromatic nitrogens is 2.